The molecule has 9 heteroatoms. The molecular formula is C15H15N7OS. The number of carbonyl (C=O) groups is 1. The predicted octanol–water partition coefficient (Wildman–Crippen LogP) is 1.41. The van der Waals surface area contributed by atoms with Gasteiger partial charge in [-0.1, -0.05) is 30.0 Å². The summed E-state index contributed by atoms with van der Waals surface area (Å²) < 4.78 is 1.56. The van der Waals surface area contributed by atoms with E-state index < -0.39 is 0 Å². The van der Waals surface area contributed by atoms with Gasteiger partial charge in [0.05, 0.1) is 36.4 Å². The maximum absolute atomic E-state index is 12.3. The van der Waals surface area contributed by atoms with Crippen LogP contribution < -0.4 is 0 Å². The van der Waals surface area contributed by atoms with Gasteiger partial charge in [0, 0.05) is 13.1 Å². The number of amides is 1. The number of hydrogen-bond acceptors (Lipinski definition) is 7. The van der Waals surface area contributed by atoms with Crippen molar-refractivity contribution in [3.63, 3.8) is 0 Å². The van der Waals surface area contributed by atoms with Gasteiger partial charge in [0.15, 0.2) is 0 Å². The van der Waals surface area contributed by atoms with Crippen LogP contribution in [0.5, 0.6) is 0 Å². The van der Waals surface area contributed by atoms with E-state index in [2.05, 4.69) is 15.5 Å². The summed E-state index contributed by atoms with van der Waals surface area (Å²) in [5.41, 5.74) is 0.809. The third-order valence-electron chi connectivity index (χ3n) is 3.11. The highest BCUT2D eigenvalue weighted by Crippen LogP contribution is 2.18. The molecule has 1 heterocycles. The van der Waals surface area contributed by atoms with Gasteiger partial charge in [-0.15, -0.1) is 5.10 Å². The summed E-state index contributed by atoms with van der Waals surface area (Å²) in [6.45, 7) is 0.641. The van der Waals surface area contributed by atoms with Crippen molar-refractivity contribution >= 4 is 17.7 Å². The number of para-hydroxylation sites is 1. The molecule has 0 fully saturated rings. The van der Waals surface area contributed by atoms with Gasteiger partial charge in [-0.05, 0) is 22.6 Å². The van der Waals surface area contributed by atoms with Gasteiger partial charge in [0.2, 0.25) is 11.1 Å². The average Bonchev–Trinajstić information content (AvgIpc) is 3.09. The molecule has 24 heavy (non-hydrogen) atoms. The minimum Gasteiger partial charge on any atom is -0.340 e. The first-order valence-electron chi connectivity index (χ1n) is 7.24. The maximum Gasteiger partial charge on any atom is 0.233 e. The van der Waals surface area contributed by atoms with Crippen molar-refractivity contribution in [1.29, 1.82) is 10.5 Å². The second-order valence-corrected chi connectivity index (χ2v) is 5.64. The lowest BCUT2D eigenvalue weighted by Gasteiger charge is -2.19. The molecule has 0 saturated heterocycles. The molecule has 0 radical (unpaired) electrons. The molecule has 0 saturated carbocycles. The molecule has 8 nitrogen and oxygen atoms in total. The van der Waals surface area contributed by atoms with Gasteiger partial charge >= 0.3 is 0 Å². The maximum atomic E-state index is 12.3. The highest BCUT2D eigenvalue weighted by molar-refractivity contribution is 7.99. The summed E-state index contributed by atoms with van der Waals surface area (Å²) >= 11 is 1.22. The van der Waals surface area contributed by atoms with Gasteiger partial charge in [0.1, 0.15) is 0 Å². The van der Waals surface area contributed by atoms with Crippen LogP contribution in [0, 0.1) is 22.7 Å². The average molecular weight is 341 g/mol. The number of aromatic nitrogens is 4. The van der Waals surface area contributed by atoms with Crippen LogP contribution in [-0.4, -0.2) is 49.9 Å². The first kappa shape index (κ1) is 17.4. The van der Waals surface area contributed by atoms with E-state index in [0.29, 0.717) is 18.2 Å². The van der Waals surface area contributed by atoms with E-state index in [1.54, 1.807) is 4.68 Å². The summed E-state index contributed by atoms with van der Waals surface area (Å²) in [7, 11) is 0. The standard InChI is InChI=1S/C15H15N7OS/c16-8-4-10-21(11-5-9-17)14(23)12-24-15-18-19-20-22(15)13-6-2-1-3-7-13/h1-3,6-7H,4-5,10-12H2. The smallest absolute Gasteiger partial charge is 0.233 e. The van der Waals surface area contributed by atoms with Crippen LogP contribution in [0.3, 0.4) is 0 Å². The molecular weight excluding hydrogens is 326 g/mol. The molecule has 0 N–H and O–H groups in total. The zero-order valence-electron chi connectivity index (χ0n) is 12.9. The molecule has 2 aromatic rings. The molecule has 0 spiro atoms. The fraction of sp³-hybridized carbons (Fsp3) is 0.333. The van der Waals surface area contributed by atoms with Crippen molar-refractivity contribution < 1.29 is 4.79 Å². The summed E-state index contributed by atoms with van der Waals surface area (Å²) in [4.78, 5) is 13.8. The molecule has 0 bridgehead atoms. The zero-order valence-corrected chi connectivity index (χ0v) is 13.7. The first-order chi connectivity index (χ1) is 11.8. The molecule has 0 aliphatic heterocycles. The van der Waals surface area contributed by atoms with Crippen molar-refractivity contribution in [2.24, 2.45) is 0 Å². The van der Waals surface area contributed by atoms with E-state index in [1.807, 2.05) is 42.5 Å². The summed E-state index contributed by atoms with van der Waals surface area (Å²) in [5, 5.41) is 29.4. The summed E-state index contributed by atoms with van der Waals surface area (Å²) in [6.07, 6.45) is 0.479. The Morgan fingerprint density at radius 1 is 1.17 bits per heavy atom. The quantitative estimate of drug-likeness (QED) is 0.667. The Morgan fingerprint density at radius 2 is 1.83 bits per heavy atom. The Labute approximate surface area is 143 Å². The molecule has 1 aromatic carbocycles. The fourth-order valence-electron chi connectivity index (χ4n) is 1.95. The van der Waals surface area contributed by atoms with E-state index >= 15 is 0 Å². The largest absolute Gasteiger partial charge is 0.340 e. The van der Waals surface area contributed by atoms with E-state index in [4.69, 9.17) is 10.5 Å². The SMILES string of the molecule is N#CCCN(CCC#N)C(=O)CSc1nnnn1-c1ccccc1. The molecule has 0 unspecified atom stereocenters. The lowest BCUT2D eigenvalue weighted by atomic mass is 10.3. The lowest BCUT2D eigenvalue weighted by Crippen LogP contribution is -2.34. The topological polar surface area (TPSA) is 111 Å². The molecule has 0 atom stereocenters. The highest BCUT2D eigenvalue weighted by Gasteiger charge is 2.16. The van der Waals surface area contributed by atoms with Crippen LogP contribution >= 0.6 is 11.8 Å². The Kier molecular flexibility index (Phi) is 6.74. The second-order valence-electron chi connectivity index (χ2n) is 4.69. The second kappa shape index (κ2) is 9.28. The van der Waals surface area contributed by atoms with Gasteiger partial charge < -0.3 is 4.90 Å². The Morgan fingerprint density at radius 3 is 2.46 bits per heavy atom. The van der Waals surface area contributed by atoms with Crippen molar-refractivity contribution in [3.05, 3.63) is 30.3 Å². The summed E-state index contributed by atoms with van der Waals surface area (Å²) in [5.74, 6) is -0.00235. The lowest BCUT2D eigenvalue weighted by molar-refractivity contribution is -0.128. The Hall–Kier alpha value is -2.91. The van der Waals surface area contributed by atoms with Crippen LogP contribution in [0.1, 0.15) is 12.8 Å². The predicted molar refractivity (Wildman–Crippen MR) is 86.9 cm³/mol. The number of carbonyl (C=O) groups excluding carboxylic acids is 1. The minimum atomic E-state index is -0.145. The van der Waals surface area contributed by atoms with Crippen molar-refractivity contribution in [2.75, 3.05) is 18.8 Å². The number of hydrogen-bond donors (Lipinski definition) is 0. The molecule has 122 valence electrons. The minimum absolute atomic E-state index is 0.143. The number of tetrazole rings is 1. The third kappa shape index (κ3) is 4.80. The van der Waals surface area contributed by atoms with Crippen LogP contribution in [-0.2, 0) is 4.79 Å². The first-order valence-corrected chi connectivity index (χ1v) is 8.23. The van der Waals surface area contributed by atoms with E-state index in [0.717, 1.165) is 5.69 Å². The number of thioether (sulfide) groups is 1. The molecule has 1 aromatic heterocycles. The molecule has 0 aliphatic carbocycles. The number of rotatable bonds is 8. The zero-order chi connectivity index (χ0) is 17.2. The van der Waals surface area contributed by atoms with Crippen LogP contribution in [0.25, 0.3) is 5.69 Å². The number of nitrogens with zero attached hydrogens (tertiary/aromatic N) is 7. The monoisotopic (exact) mass is 341 g/mol. The van der Waals surface area contributed by atoms with Crippen molar-refractivity contribution in [1.82, 2.24) is 25.1 Å². The van der Waals surface area contributed by atoms with E-state index in [9.17, 15) is 4.79 Å². The van der Waals surface area contributed by atoms with Gasteiger partial charge in [-0.3, -0.25) is 4.79 Å². The Bertz CT molecular complexity index is 729. The van der Waals surface area contributed by atoms with Crippen LogP contribution in [0.15, 0.2) is 35.5 Å². The van der Waals surface area contributed by atoms with Crippen molar-refractivity contribution in [2.45, 2.75) is 18.0 Å². The normalized spacial score (nSPS) is 9.92. The highest BCUT2D eigenvalue weighted by atomic mass is 32.2. The van der Waals surface area contributed by atoms with Crippen LogP contribution in [0.4, 0.5) is 0 Å². The number of benzene rings is 1. The molecule has 0 aliphatic rings. The fourth-order valence-corrected chi connectivity index (χ4v) is 2.74. The van der Waals surface area contributed by atoms with Gasteiger partial charge in [-0.25, -0.2) is 0 Å². The molecule has 2 rings (SSSR count). The molecule has 1 amide bonds. The van der Waals surface area contributed by atoms with Crippen LogP contribution in [0.2, 0.25) is 0 Å². The van der Waals surface area contributed by atoms with E-state index in [-0.39, 0.29) is 24.5 Å². The number of nitriles is 2. The van der Waals surface area contributed by atoms with Gasteiger partial charge in [0.25, 0.3) is 0 Å². The Balaban J connectivity index is 2.00. The third-order valence-corrected chi connectivity index (χ3v) is 4.01. The summed E-state index contributed by atoms with van der Waals surface area (Å²) in [6, 6.07) is 13.4. The van der Waals surface area contributed by atoms with Crippen molar-refractivity contribution in [3.8, 4) is 17.8 Å². The van der Waals surface area contributed by atoms with Gasteiger partial charge in [-0.2, -0.15) is 15.2 Å². The van der Waals surface area contributed by atoms with E-state index in [1.165, 1.54) is 16.7 Å².